The summed E-state index contributed by atoms with van der Waals surface area (Å²) in [4.78, 5) is 36.7. The Kier molecular flexibility index (Phi) is 5.24. The molecule has 2 aromatic carbocycles. The van der Waals surface area contributed by atoms with E-state index >= 15 is 0 Å². The highest BCUT2D eigenvalue weighted by atomic mass is 16.1. The molecule has 0 saturated heterocycles. The Labute approximate surface area is 179 Å². The lowest BCUT2D eigenvalue weighted by molar-refractivity contribution is -0.116. The number of fused-ring (bicyclic) bond motifs is 4. The van der Waals surface area contributed by atoms with E-state index in [1.165, 1.54) is 19.3 Å². The number of aromatic nitrogens is 4. The SMILES string of the molecule is O=C(CCCc1nc2ccccc2c(=O)[nH]1)Nc1ccc2c(c1)nc1n2CCCCC1. The first-order chi connectivity index (χ1) is 15.2. The highest BCUT2D eigenvalue weighted by molar-refractivity contribution is 5.93. The van der Waals surface area contributed by atoms with Crippen LogP contribution in [0.5, 0.6) is 0 Å². The van der Waals surface area contributed by atoms with Gasteiger partial charge in [0, 0.05) is 31.5 Å². The molecule has 1 amide bonds. The molecule has 0 atom stereocenters. The number of hydrogen-bond donors (Lipinski definition) is 2. The van der Waals surface area contributed by atoms with Gasteiger partial charge in [-0.1, -0.05) is 18.6 Å². The largest absolute Gasteiger partial charge is 0.328 e. The summed E-state index contributed by atoms with van der Waals surface area (Å²) in [6, 6.07) is 13.2. The van der Waals surface area contributed by atoms with Crippen LogP contribution in [0.15, 0.2) is 47.3 Å². The molecule has 0 bridgehead atoms. The van der Waals surface area contributed by atoms with Crippen LogP contribution < -0.4 is 10.9 Å². The molecule has 0 radical (unpaired) electrons. The van der Waals surface area contributed by atoms with Crippen LogP contribution >= 0.6 is 0 Å². The van der Waals surface area contributed by atoms with Gasteiger partial charge in [-0.3, -0.25) is 9.59 Å². The van der Waals surface area contributed by atoms with E-state index in [2.05, 4.69) is 25.9 Å². The average Bonchev–Trinajstić information content (AvgIpc) is 2.93. The van der Waals surface area contributed by atoms with Gasteiger partial charge in [0.05, 0.1) is 21.9 Å². The van der Waals surface area contributed by atoms with Crippen molar-refractivity contribution in [3.8, 4) is 0 Å². The molecular weight excluding hydrogens is 390 g/mol. The Hall–Kier alpha value is -3.48. The number of aryl methyl sites for hydroxylation is 3. The summed E-state index contributed by atoms with van der Waals surface area (Å²) in [5.74, 6) is 1.70. The molecule has 0 aliphatic carbocycles. The molecule has 3 heterocycles. The zero-order valence-electron chi connectivity index (χ0n) is 17.4. The lowest BCUT2D eigenvalue weighted by Gasteiger charge is -2.07. The molecule has 0 unspecified atom stereocenters. The number of imidazole rings is 1. The van der Waals surface area contributed by atoms with Crippen LogP contribution in [-0.2, 0) is 24.2 Å². The molecule has 2 N–H and O–H groups in total. The fourth-order valence-electron chi connectivity index (χ4n) is 4.32. The fourth-order valence-corrected chi connectivity index (χ4v) is 4.32. The minimum Gasteiger partial charge on any atom is -0.328 e. The van der Waals surface area contributed by atoms with Crippen LogP contribution in [0.1, 0.15) is 43.8 Å². The summed E-state index contributed by atoms with van der Waals surface area (Å²) in [5.41, 5.74) is 3.38. The van der Waals surface area contributed by atoms with E-state index in [4.69, 9.17) is 4.98 Å². The minimum atomic E-state index is -0.142. The summed E-state index contributed by atoms with van der Waals surface area (Å²) in [5, 5.41) is 3.55. The normalized spacial score (nSPS) is 13.8. The molecule has 1 aliphatic heterocycles. The number of amides is 1. The van der Waals surface area contributed by atoms with Crippen molar-refractivity contribution in [1.82, 2.24) is 19.5 Å². The van der Waals surface area contributed by atoms with Crippen molar-refractivity contribution >= 4 is 33.5 Å². The van der Waals surface area contributed by atoms with Crippen molar-refractivity contribution < 1.29 is 4.79 Å². The second-order valence-electron chi connectivity index (χ2n) is 8.13. The van der Waals surface area contributed by atoms with Crippen molar-refractivity contribution in [1.29, 1.82) is 0 Å². The van der Waals surface area contributed by atoms with E-state index in [1.807, 2.05) is 30.3 Å². The zero-order chi connectivity index (χ0) is 21.2. The fraction of sp³-hybridized carbons (Fsp3) is 0.333. The minimum absolute atomic E-state index is 0.0525. The van der Waals surface area contributed by atoms with Gasteiger partial charge in [0.1, 0.15) is 11.6 Å². The molecule has 0 spiro atoms. The van der Waals surface area contributed by atoms with Gasteiger partial charge in [-0.2, -0.15) is 0 Å². The van der Waals surface area contributed by atoms with E-state index in [9.17, 15) is 9.59 Å². The van der Waals surface area contributed by atoms with Crippen molar-refractivity contribution in [2.75, 3.05) is 5.32 Å². The maximum atomic E-state index is 12.4. The zero-order valence-corrected chi connectivity index (χ0v) is 17.4. The maximum absolute atomic E-state index is 12.4. The van der Waals surface area contributed by atoms with Crippen LogP contribution in [0.2, 0.25) is 0 Å². The third-order valence-electron chi connectivity index (χ3n) is 5.87. The van der Waals surface area contributed by atoms with E-state index in [-0.39, 0.29) is 11.5 Å². The van der Waals surface area contributed by atoms with Gasteiger partial charge < -0.3 is 14.9 Å². The number of aromatic amines is 1. The summed E-state index contributed by atoms with van der Waals surface area (Å²) >= 11 is 0. The number of para-hydroxylation sites is 1. The van der Waals surface area contributed by atoms with Gasteiger partial charge in [-0.05, 0) is 49.6 Å². The number of benzene rings is 2. The van der Waals surface area contributed by atoms with Gasteiger partial charge in [-0.15, -0.1) is 0 Å². The first-order valence-electron chi connectivity index (χ1n) is 10.9. The number of nitrogens with zero attached hydrogens (tertiary/aromatic N) is 3. The average molecular weight is 415 g/mol. The Morgan fingerprint density at radius 2 is 1.97 bits per heavy atom. The number of anilines is 1. The van der Waals surface area contributed by atoms with E-state index in [0.29, 0.717) is 36.0 Å². The lowest BCUT2D eigenvalue weighted by atomic mass is 10.2. The topological polar surface area (TPSA) is 92.7 Å². The lowest BCUT2D eigenvalue weighted by Crippen LogP contribution is -2.14. The third-order valence-corrected chi connectivity index (χ3v) is 5.87. The predicted octanol–water partition coefficient (Wildman–Crippen LogP) is 3.96. The van der Waals surface area contributed by atoms with Crippen LogP contribution in [-0.4, -0.2) is 25.4 Å². The van der Waals surface area contributed by atoms with Gasteiger partial charge in [-0.25, -0.2) is 9.97 Å². The number of hydrogen-bond acceptors (Lipinski definition) is 4. The Bertz CT molecular complexity index is 1320. The van der Waals surface area contributed by atoms with Crippen LogP contribution in [0.25, 0.3) is 21.9 Å². The van der Waals surface area contributed by atoms with Crippen molar-refractivity contribution in [3.05, 3.63) is 64.5 Å². The standard InChI is InChI=1S/C24H25N5O2/c30-23(11-6-9-21-26-18-8-4-3-7-17(18)24(31)28-21)25-16-12-13-20-19(15-16)27-22-10-2-1-5-14-29(20)22/h3-4,7-8,12-13,15H,1-2,5-6,9-11,14H2,(H,25,30)(H,26,28,31). The van der Waals surface area contributed by atoms with E-state index in [0.717, 1.165) is 35.5 Å². The Morgan fingerprint density at radius 3 is 2.90 bits per heavy atom. The molecule has 7 heteroatoms. The van der Waals surface area contributed by atoms with Crippen molar-refractivity contribution in [2.24, 2.45) is 0 Å². The van der Waals surface area contributed by atoms with Crippen LogP contribution in [0, 0.1) is 0 Å². The smallest absolute Gasteiger partial charge is 0.258 e. The summed E-state index contributed by atoms with van der Waals surface area (Å²) < 4.78 is 2.31. The van der Waals surface area contributed by atoms with Crippen LogP contribution in [0.4, 0.5) is 5.69 Å². The molecule has 5 rings (SSSR count). The molecule has 0 saturated carbocycles. The summed E-state index contributed by atoms with van der Waals surface area (Å²) in [6.45, 7) is 1.02. The Morgan fingerprint density at radius 1 is 1.06 bits per heavy atom. The van der Waals surface area contributed by atoms with E-state index in [1.54, 1.807) is 6.07 Å². The van der Waals surface area contributed by atoms with Gasteiger partial charge in [0.15, 0.2) is 0 Å². The molecule has 7 nitrogen and oxygen atoms in total. The molecule has 1 aliphatic rings. The molecule has 2 aromatic heterocycles. The summed E-state index contributed by atoms with van der Waals surface area (Å²) in [7, 11) is 0. The maximum Gasteiger partial charge on any atom is 0.258 e. The first kappa shape index (κ1) is 19.5. The quantitative estimate of drug-likeness (QED) is 0.516. The molecule has 0 fully saturated rings. The monoisotopic (exact) mass is 415 g/mol. The highest BCUT2D eigenvalue weighted by Gasteiger charge is 2.14. The molecule has 4 aromatic rings. The Balaban J connectivity index is 1.22. The van der Waals surface area contributed by atoms with Crippen LogP contribution in [0.3, 0.4) is 0 Å². The molecule has 31 heavy (non-hydrogen) atoms. The van der Waals surface area contributed by atoms with Crippen molar-refractivity contribution in [3.63, 3.8) is 0 Å². The predicted molar refractivity (Wildman–Crippen MR) is 121 cm³/mol. The number of carbonyl (C=O) groups is 1. The number of nitrogens with one attached hydrogen (secondary N) is 2. The second kappa shape index (κ2) is 8.34. The number of H-pyrrole nitrogens is 1. The van der Waals surface area contributed by atoms with E-state index < -0.39 is 0 Å². The third kappa shape index (κ3) is 4.08. The highest BCUT2D eigenvalue weighted by Crippen LogP contribution is 2.24. The van der Waals surface area contributed by atoms with Gasteiger partial charge in [0.2, 0.25) is 5.91 Å². The number of carbonyl (C=O) groups excluding carboxylic acids is 1. The molecular formula is C24H25N5O2. The second-order valence-corrected chi connectivity index (χ2v) is 8.13. The van der Waals surface area contributed by atoms with Gasteiger partial charge >= 0.3 is 0 Å². The van der Waals surface area contributed by atoms with Crippen molar-refractivity contribution in [2.45, 2.75) is 51.5 Å². The number of rotatable bonds is 5. The summed E-state index contributed by atoms with van der Waals surface area (Å²) in [6.07, 6.45) is 6.14. The molecule has 158 valence electrons. The first-order valence-corrected chi connectivity index (χ1v) is 10.9. The van der Waals surface area contributed by atoms with Gasteiger partial charge in [0.25, 0.3) is 5.56 Å².